The average molecular weight is 466 g/mol. The van der Waals surface area contributed by atoms with E-state index in [1.165, 1.54) is 46.1 Å². The zero-order chi connectivity index (χ0) is 22.5. The molecular weight excluding hydrogens is 449 g/mol. The minimum absolute atomic E-state index is 0.00979. The summed E-state index contributed by atoms with van der Waals surface area (Å²) < 4.78 is 19.2. The summed E-state index contributed by atoms with van der Waals surface area (Å²) in [6.45, 7) is 0.360. The first kappa shape index (κ1) is 19.8. The van der Waals surface area contributed by atoms with Crippen LogP contribution in [-0.2, 0) is 13.1 Å². The number of carbonyl (C=O) groups excluding carboxylic acids is 1. The maximum Gasteiger partial charge on any atom is 0.273 e. The molecule has 12 heteroatoms. The summed E-state index contributed by atoms with van der Waals surface area (Å²) in [7, 11) is 0. The van der Waals surface area contributed by atoms with Gasteiger partial charge in [-0.05, 0) is 30.4 Å². The van der Waals surface area contributed by atoms with E-state index in [1.807, 2.05) is 18.5 Å². The Morgan fingerprint density at radius 1 is 1.27 bits per heavy atom. The predicted molar refractivity (Wildman–Crippen MR) is 115 cm³/mol. The number of fused-ring (bicyclic) bond motifs is 2. The fourth-order valence-electron chi connectivity index (χ4n) is 3.76. The van der Waals surface area contributed by atoms with Crippen LogP contribution < -0.4 is 5.32 Å². The summed E-state index contributed by atoms with van der Waals surface area (Å²) in [4.78, 5) is 21.2. The lowest BCUT2D eigenvalue weighted by Crippen LogP contribution is -2.23. The molecule has 1 fully saturated rings. The highest BCUT2D eigenvalue weighted by Crippen LogP contribution is 2.39. The van der Waals surface area contributed by atoms with Crippen molar-refractivity contribution in [1.82, 2.24) is 44.3 Å². The van der Waals surface area contributed by atoms with Crippen molar-refractivity contribution >= 4 is 28.7 Å². The van der Waals surface area contributed by atoms with Crippen molar-refractivity contribution in [2.75, 3.05) is 0 Å². The third kappa shape index (κ3) is 3.69. The van der Waals surface area contributed by atoms with Crippen LogP contribution in [0.25, 0.3) is 11.2 Å². The molecule has 0 spiro atoms. The molecule has 10 nitrogen and oxygen atoms in total. The quantitative estimate of drug-likeness (QED) is 0.413. The zero-order valence-electron chi connectivity index (χ0n) is 17.2. The molecule has 166 valence electrons. The van der Waals surface area contributed by atoms with Crippen molar-refractivity contribution in [2.45, 2.75) is 31.8 Å². The second-order valence-corrected chi connectivity index (χ2v) is 8.42. The molecule has 5 aromatic heterocycles. The number of imidazole rings is 1. The summed E-state index contributed by atoms with van der Waals surface area (Å²) in [6.07, 6.45) is 10.9. The Hall–Kier alpha value is -3.86. The van der Waals surface area contributed by atoms with Gasteiger partial charge in [-0.1, -0.05) is 16.8 Å². The first-order valence-electron chi connectivity index (χ1n) is 10.4. The Morgan fingerprint density at radius 2 is 2.15 bits per heavy atom. The summed E-state index contributed by atoms with van der Waals surface area (Å²) >= 11 is 5.86. The van der Waals surface area contributed by atoms with Gasteiger partial charge < -0.3 is 9.72 Å². The second-order valence-electron chi connectivity index (χ2n) is 8.01. The molecule has 0 unspecified atom stereocenters. The summed E-state index contributed by atoms with van der Waals surface area (Å²) in [5.41, 5.74) is 3.42. The van der Waals surface area contributed by atoms with Crippen LogP contribution in [0.3, 0.4) is 0 Å². The third-order valence-electron chi connectivity index (χ3n) is 5.61. The maximum atomic E-state index is 14.3. The molecule has 1 aliphatic rings. The molecule has 0 saturated heterocycles. The van der Waals surface area contributed by atoms with E-state index in [0.29, 0.717) is 18.2 Å². The molecule has 0 aromatic carbocycles. The molecule has 1 N–H and O–H groups in total. The first-order chi connectivity index (χ1) is 16.0. The molecule has 0 bridgehead atoms. The topological polar surface area (TPSA) is 107 Å². The number of aromatic nitrogens is 8. The van der Waals surface area contributed by atoms with Gasteiger partial charge in [0, 0.05) is 24.7 Å². The minimum Gasteiger partial charge on any atom is -0.345 e. The van der Waals surface area contributed by atoms with Gasteiger partial charge in [0.05, 0.1) is 42.0 Å². The Labute approximate surface area is 191 Å². The van der Waals surface area contributed by atoms with Gasteiger partial charge in [0.15, 0.2) is 17.2 Å². The van der Waals surface area contributed by atoms with Crippen molar-refractivity contribution in [2.24, 2.45) is 0 Å². The van der Waals surface area contributed by atoms with Gasteiger partial charge >= 0.3 is 0 Å². The number of hydrogen-bond acceptors (Lipinski definition) is 6. The molecule has 0 atom stereocenters. The van der Waals surface area contributed by atoms with Gasteiger partial charge in [-0.25, -0.2) is 23.6 Å². The van der Waals surface area contributed by atoms with E-state index in [0.717, 1.165) is 11.3 Å². The highest BCUT2D eigenvalue weighted by Gasteiger charge is 2.24. The fourth-order valence-corrected chi connectivity index (χ4v) is 3.91. The highest BCUT2D eigenvalue weighted by molar-refractivity contribution is 6.31. The highest BCUT2D eigenvalue weighted by atomic mass is 35.5. The van der Waals surface area contributed by atoms with E-state index in [2.05, 4.69) is 30.7 Å². The number of nitrogens with zero attached hydrogens (tertiary/aromatic N) is 8. The molecule has 1 amide bonds. The molecular formula is C21H17ClFN9O. The number of halogens is 2. The molecule has 33 heavy (non-hydrogen) atoms. The second kappa shape index (κ2) is 7.62. The maximum absolute atomic E-state index is 14.3. The van der Waals surface area contributed by atoms with Gasteiger partial charge in [-0.3, -0.25) is 4.79 Å². The lowest BCUT2D eigenvalue weighted by molar-refractivity contribution is 0.0945. The van der Waals surface area contributed by atoms with Crippen LogP contribution in [0.15, 0.2) is 43.2 Å². The smallest absolute Gasteiger partial charge is 0.273 e. The molecule has 0 radical (unpaired) electrons. The molecule has 0 aliphatic heterocycles. The van der Waals surface area contributed by atoms with E-state index in [-0.39, 0.29) is 22.8 Å². The van der Waals surface area contributed by atoms with Gasteiger partial charge in [0.1, 0.15) is 5.52 Å². The number of pyridine rings is 1. The van der Waals surface area contributed by atoms with Crippen LogP contribution in [0, 0.1) is 5.82 Å². The van der Waals surface area contributed by atoms with Crippen LogP contribution in [0.4, 0.5) is 4.39 Å². The van der Waals surface area contributed by atoms with Crippen LogP contribution in [0.5, 0.6) is 0 Å². The number of hydrogen-bond donors (Lipinski definition) is 1. The van der Waals surface area contributed by atoms with Gasteiger partial charge in [-0.2, -0.15) is 5.10 Å². The number of carbonyl (C=O) groups is 1. The van der Waals surface area contributed by atoms with E-state index in [4.69, 9.17) is 11.6 Å². The third-order valence-corrected chi connectivity index (χ3v) is 5.90. The predicted octanol–water partition coefficient (Wildman–Crippen LogP) is 2.62. The monoisotopic (exact) mass is 465 g/mol. The minimum atomic E-state index is -0.585. The molecule has 1 saturated carbocycles. The Balaban J connectivity index is 1.14. The molecule has 6 rings (SSSR count). The summed E-state index contributed by atoms with van der Waals surface area (Å²) in [6, 6.07) is 3.32. The van der Waals surface area contributed by atoms with Gasteiger partial charge in [0.25, 0.3) is 5.91 Å². The van der Waals surface area contributed by atoms with Crippen LogP contribution >= 0.6 is 11.6 Å². The Bertz CT molecular complexity index is 1520. The van der Waals surface area contributed by atoms with Gasteiger partial charge in [0.2, 0.25) is 0 Å². The van der Waals surface area contributed by atoms with E-state index >= 15 is 0 Å². The van der Waals surface area contributed by atoms with Crippen molar-refractivity contribution in [3.8, 4) is 0 Å². The molecule has 5 aromatic rings. The summed E-state index contributed by atoms with van der Waals surface area (Å²) in [5, 5.41) is 15.2. The number of rotatable bonds is 6. The van der Waals surface area contributed by atoms with Crippen molar-refractivity contribution < 1.29 is 9.18 Å². The first-order valence-corrected chi connectivity index (χ1v) is 10.7. The zero-order valence-corrected chi connectivity index (χ0v) is 17.9. The number of amides is 1. The van der Waals surface area contributed by atoms with Crippen molar-refractivity contribution in [3.05, 3.63) is 76.7 Å². The van der Waals surface area contributed by atoms with Crippen LogP contribution in [-0.4, -0.2) is 44.9 Å². The average Bonchev–Trinajstić information content (AvgIpc) is 3.23. The Morgan fingerprint density at radius 3 is 3.00 bits per heavy atom. The lowest BCUT2D eigenvalue weighted by Gasteiger charge is -2.03. The largest absolute Gasteiger partial charge is 0.345 e. The Kier molecular flexibility index (Phi) is 4.57. The van der Waals surface area contributed by atoms with Gasteiger partial charge in [-0.15, -0.1) is 5.10 Å². The molecule has 1 aliphatic carbocycles. The van der Waals surface area contributed by atoms with E-state index in [1.54, 1.807) is 10.7 Å². The molecule has 5 heterocycles. The van der Waals surface area contributed by atoms with Crippen LogP contribution in [0.1, 0.15) is 46.2 Å². The summed E-state index contributed by atoms with van der Waals surface area (Å²) in [5.74, 6) is -0.437. The van der Waals surface area contributed by atoms with Crippen molar-refractivity contribution in [1.29, 1.82) is 0 Å². The lowest BCUT2D eigenvalue weighted by atomic mass is 10.2. The SMILES string of the molecule is O=C(NCc1ncn2ccc(Cl)c(F)c12)c1cn(Cc2cc3ncc(C4CC4)cn3n2)nn1. The van der Waals surface area contributed by atoms with Crippen LogP contribution in [0.2, 0.25) is 5.02 Å². The normalized spacial score (nSPS) is 13.8. The fraction of sp³-hybridized carbons (Fsp3) is 0.238. The van der Waals surface area contributed by atoms with E-state index in [9.17, 15) is 9.18 Å². The standard InChI is InChI=1S/C21H17ClFN9O/c22-15-3-4-30-11-26-16(20(30)19(15)23)7-25-21(33)17-10-31(29-27-17)9-14-5-18-24-6-13(12-1-2-12)8-32(18)28-14/h3-6,8,10-12H,1-2,7,9H2,(H,25,33). The number of nitrogens with one attached hydrogen (secondary N) is 1. The van der Waals surface area contributed by atoms with Crippen molar-refractivity contribution in [3.63, 3.8) is 0 Å². The van der Waals surface area contributed by atoms with E-state index < -0.39 is 11.7 Å².